The number of benzene rings is 3. The Hall–Kier alpha value is -2.25. The second-order valence-corrected chi connectivity index (χ2v) is 9.69. The molecule has 162 valence electrons. The minimum absolute atomic E-state index is 0.126. The highest BCUT2D eigenvalue weighted by atomic mass is 79.9. The number of amides is 2. The van der Waals surface area contributed by atoms with Crippen molar-refractivity contribution >= 4 is 68.1 Å². The van der Waals surface area contributed by atoms with Crippen LogP contribution in [0.15, 0.2) is 76.1 Å². The van der Waals surface area contributed by atoms with Gasteiger partial charge in [0.1, 0.15) is 12.4 Å². The minimum Gasteiger partial charge on any atom is -0.488 e. The molecule has 0 radical (unpaired) electrons. The lowest BCUT2D eigenvalue weighted by atomic mass is 10.1. The lowest BCUT2D eigenvalue weighted by molar-refractivity contribution is -0.123. The minimum atomic E-state index is -0.353. The van der Waals surface area contributed by atoms with Crippen molar-refractivity contribution in [3.63, 3.8) is 0 Å². The van der Waals surface area contributed by atoms with E-state index in [1.54, 1.807) is 24.3 Å². The molecule has 0 unspecified atom stereocenters. The van der Waals surface area contributed by atoms with E-state index in [-0.39, 0.29) is 17.7 Å². The van der Waals surface area contributed by atoms with E-state index in [2.05, 4.69) is 15.9 Å². The molecule has 0 spiro atoms. The summed E-state index contributed by atoms with van der Waals surface area (Å²) in [6.07, 6.45) is 1.69. The number of para-hydroxylation sites is 1. The van der Waals surface area contributed by atoms with E-state index in [1.165, 1.54) is 4.90 Å². The second kappa shape index (κ2) is 10.1. The number of carbonyl (C=O) groups is 2. The van der Waals surface area contributed by atoms with Crippen LogP contribution < -0.4 is 4.74 Å². The van der Waals surface area contributed by atoms with Crippen molar-refractivity contribution in [1.29, 1.82) is 0 Å². The van der Waals surface area contributed by atoms with Gasteiger partial charge in [-0.2, -0.15) is 0 Å². The number of imide groups is 1. The first kappa shape index (κ1) is 22.9. The largest absolute Gasteiger partial charge is 0.488 e. The number of halogens is 3. The van der Waals surface area contributed by atoms with Gasteiger partial charge in [-0.1, -0.05) is 75.5 Å². The summed E-state index contributed by atoms with van der Waals surface area (Å²) in [5.74, 6) is 0.278. The lowest BCUT2D eigenvalue weighted by Crippen LogP contribution is -2.27. The van der Waals surface area contributed by atoms with E-state index in [4.69, 9.17) is 27.9 Å². The molecule has 3 aromatic carbocycles. The first-order valence-electron chi connectivity index (χ1n) is 9.56. The van der Waals surface area contributed by atoms with Gasteiger partial charge in [-0.15, -0.1) is 0 Å². The predicted octanol–water partition coefficient (Wildman–Crippen LogP) is 7.57. The molecule has 0 bridgehead atoms. The van der Waals surface area contributed by atoms with Gasteiger partial charge < -0.3 is 4.74 Å². The Bertz CT molecular complexity index is 1210. The molecular formula is C24H16BrCl2NO3S. The smallest absolute Gasteiger partial charge is 0.293 e. The monoisotopic (exact) mass is 547 g/mol. The topological polar surface area (TPSA) is 46.6 Å². The fourth-order valence-corrected chi connectivity index (χ4v) is 4.49. The van der Waals surface area contributed by atoms with Crippen LogP contribution in [0.3, 0.4) is 0 Å². The van der Waals surface area contributed by atoms with Gasteiger partial charge in [-0.05, 0) is 59.3 Å². The molecule has 1 aliphatic rings. The summed E-state index contributed by atoms with van der Waals surface area (Å²) < 4.78 is 6.97. The highest BCUT2D eigenvalue weighted by Crippen LogP contribution is 2.35. The van der Waals surface area contributed by atoms with E-state index in [9.17, 15) is 9.59 Å². The van der Waals surface area contributed by atoms with Crippen molar-refractivity contribution in [2.24, 2.45) is 0 Å². The number of hydrogen-bond acceptors (Lipinski definition) is 4. The second-order valence-electron chi connectivity index (χ2n) is 6.97. The van der Waals surface area contributed by atoms with Gasteiger partial charge in [-0.25, -0.2) is 0 Å². The Labute approximate surface area is 208 Å². The number of hydrogen-bond donors (Lipinski definition) is 0. The van der Waals surface area contributed by atoms with Crippen LogP contribution in [0.25, 0.3) is 6.08 Å². The number of rotatable bonds is 6. The lowest BCUT2D eigenvalue weighted by Gasteiger charge is -2.13. The zero-order chi connectivity index (χ0) is 22.7. The van der Waals surface area contributed by atoms with E-state index in [0.29, 0.717) is 27.3 Å². The van der Waals surface area contributed by atoms with Crippen LogP contribution >= 0.6 is 50.9 Å². The van der Waals surface area contributed by atoms with Gasteiger partial charge in [-0.3, -0.25) is 14.5 Å². The van der Waals surface area contributed by atoms with Gasteiger partial charge in [0, 0.05) is 10.0 Å². The molecule has 1 aliphatic heterocycles. The molecule has 0 saturated carbocycles. The number of carbonyl (C=O) groups excluding carboxylic acids is 2. The Morgan fingerprint density at radius 3 is 2.41 bits per heavy atom. The van der Waals surface area contributed by atoms with Gasteiger partial charge in [0.25, 0.3) is 11.1 Å². The van der Waals surface area contributed by atoms with Crippen LogP contribution in [-0.2, 0) is 17.9 Å². The molecule has 1 heterocycles. The third-order valence-electron chi connectivity index (χ3n) is 4.71. The summed E-state index contributed by atoms with van der Waals surface area (Å²) >= 11 is 16.3. The summed E-state index contributed by atoms with van der Waals surface area (Å²) in [4.78, 5) is 26.9. The first-order valence-corrected chi connectivity index (χ1v) is 11.9. The molecule has 4 nitrogen and oxygen atoms in total. The Morgan fingerprint density at radius 1 is 0.938 bits per heavy atom. The van der Waals surface area contributed by atoms with E-state index >= 15 is 0 Å². The molecule has 2 amide bonds. The molecule has 1 fully saturated rings. The standard InChI is InChI=1S/C24H16BrCl2NO3S/c25-18-8-5-15(6-9-18)14-31-21-4-2-1-3-17(21)12-22-23(29)28(24(30)32-22)13-16-7-10-19(26)20(27)11-16/h1-12H,13-14H2/b22-12-. The summed E-state index contributed by atoms with van der Waals surface area (Å²) in [5.41, 5.74) is 2.47. The normalized spacial score (nSPS) is 15.0. The number of nitrogens with zero attached hydrogens (tertiary/aromatic N) is 1. The highest BCUT2D eigenvalue weighted by molar-refractivity contribution is 9.10. The fraction of sp³-hybridized carbons (Fsp3) is 0.0833. The molecule has 0 aliphatic carbocycles. The predicted molar refractivity (Wildman–Crippen MR) is 133 cm³/mol. The quantitative estimate of drug-likeness (QED) is 0.298. The summed E-state index contributed by atoms with van der Waals surface area (Å²) in [5, 5.41) is 0.466. The maximum Gasteiger partial charge on any atom is 0.293 e. The molecule has 32 heavy (non-hydrogen) atoms. The molecule has 0 N–H and O–H groups in total. The first-order chi connectivity index (χ1) is 15.4. The maximum absolute atomic E-state index is 12.9. The Morgan fingerprint density at radius 2 is 1.66 bits per heavy atom. The zero-order valence-corrected chi connectivity index (χ0v) is 20.5. The van der Waals surface area contributed by atoms with Crippen molar-refractivity contribution in [3.05, 3.63) is 103 Å². The molecule has 8 heteroatoms. The van der Waals surface area contributed by atoms with Crippen LogP contribution in [0.2, 0.25) is 10.0 Å². The average Bonchev–Trinajstić information content (AvgIpc) is 3.04. The zero-order valence-electron chi connectivity index (χ0n) is 16.6. The molecule has 1 saturated heterocycles. The van der Waals surface area contributed by atoms with E-state index in [1.807, 2.05) is 48.5 Å². The molecule has 3 aromatic rings. The van der Waals surface area contributed by atoms with Gasteiger partial charge in [0.15, 0.2) is 0 Å². The third kappa shape index (κ3) is 5.38. The summed E-state index contributed by atoms with van der Waals surface area (Å²) in [7, 11) is 0. The van der Waals surface area contributed by atoms with Crippen LogP contribution in [0.5, 0.6) is 5.75 Å². The number of ether oxygens (including phenoxy) is 1. The Kier molecular flexibility index (Phi) is 7.26. The average molecular weight is 549 g/mol. The van der Waals surface area contributed by atoms with Crippen molar-refractivity contribution in [1.82, 2.24) is 4.90 Å². The van der Waals surface area contributed by atoms with Crippen molar-refractivity contribution < 1.29 is 14.3 Å². The summed E-state index contributed by atoms with van der Waals surface area (Å²) in [6.45, 7) is 0.511. The van der Waals surface area contributed by atoms with Crippen LogP contribution in [0, 0.1) is 0 Å². The van der Waals surface area contributed by atoms with Crippen molar-refractivity contribution in [2.75, 3.05) is 0 Å². The molecule has 0 aromatic heterocycles. The maximum atomic E-state index is 12.9. The SMILES string of the molecule is O=C1S/C(=C\c2ccccc2OCc2ccc(Br)cc2)C(=O)N1Cc1ccc(Cl)c(Cl)c1. The van der Waals surface area contributed by atoms with Gasteiger partial charge in [0.05, 0.1) is 21.5 Å². The van der Waals surface area contributed by atoms with Crippen molar-refractivity contribution in [3.8, 4) is 5.75 Å². The van der Waals surface area contributed by atoms with Crippen LogP contribution in [0.4, 0.5) is 4.79 Å². The van der Waals surface area contributed by atoms with Crippen LogP contribution in [0.1, 0.15) is 16.7 Å². The van der Waals surface area contributed by atoms with Crippen LogP contribution in [-0.4, -0.2) is 16.0 Å². The highest BCUT2D eigenvalue weighted by Gasteiger charge is 2.35. The Balaban J connectivity index is 1.51. The van der Waals surface area contributed by atoms with E-state index < -0.39 is 0 Å². The molecule has 0 atom stereocenters. The van der Waals surface area contributed by atoms with E-state index in [0.717, 1.165) is 32.9 Å². The van der Waals surface area contributed by atoms with Crippen molar-refractivity contribution in [2.45, 2.75) is 13.2 Å². The molecular weight excluding hydrogens is 533 g/mol. The van der Waals surface area contributed by atoms with Gasteiger partial charge in [0.2, 0.25) is 0 Å². The fourth-order valence-electron chi connectivity index (χ4n) is 3.07. The van der Waals surface area contributed by atoms with Gasteiger partial charge >= 0.3 is 0 Å². The summed E-state index contributed by atoms with van der Waals surface area (Å²) in [6, 6.07) is 20.3. The third-order valence-corrected chi connectivity index (χ3v) is 6.89. The number of thioether (sulfide) groups is 1. The molecule has 4 rings (SSSR count).